The molecule has 0 fully saturated rings. The molecule has 4 aliphatic heterocycles. The summed E-state index contributed by atoms with van der Waals surface area (Å²) < 4.78 is 25.0. The van der Waals surface area contributed by atoms with Gasteiger partial charge in [-0.25, -0.2) is 0 Å². The molecule has 9 rings (SSSR count). The second kappa shape index (κ2) is 22.0. The number of ether oxygens (including phenoxy) is 4. The molecule has 4 heterocycles. The van der Waals surface area contributed by atoms with Crippen LogP contribution in [0.3, 0.4) is 0 Å². The van der Waals surface area contributed by atoms with E-state index >= 15 is 0 Å². The van der Waals surface area contributed by atoms with Crippen LogP contribution in [0.4, 0.5) is 22.7 Å². The van der Waals surface area contributed by atoms with Gasteiger partial charge in [0.15, 0.2) is 11.5 Å². The third kappa shape index (κ3) is 10.9. The number of carbonyl (C=O) groups excluding carboxylic acids is 4. The summed E-state index contributed by atoms with van der Waals surface area (Å²) in [7, 11) is 4.86. The van der Waals surface area contributed by atoms with Crippen molar-refractivity contribution >= 4 is 80.3 Å². The minimum absolute atomic E-state index is 0.00340. The lowest BCUT2D eigenvalue weighted by molar-refractivity contribution is -0.121. The van der Waals surface area contributed by atoms with Crippen molar-refractivity contribution in [2.24, 2.45) is 15.7 Å². The molecule has 0 aliphatic carbocycles. The van der Waals surface area contributed by atoms with Crippen LogP contribution in [0.15, 0.2) is 101 Å². The zero-order valence-electron chi connectivity index (χ0n) is 39.5. The van der Waals surface area contributed by atoms with Gasteiger partial charge in [0.1, 0.15) is 30.5 Å². The first-order chi connectivity index (χ1) is 34.0. The van der Waals surface area contributed by atoms with Crippen LogP contribution >= 0.6 is 21.6 Å². The van der Waals surface area contributed by atoms with Crippen molar-refractivity contribution in [3.8, 4) is 23.0 Å². The van der Waals surface area contributed by atoms with Crippen molar-refractivity contribution in [2.45, 2.75) is 83.7 Å². The van der Waals surface area contributed by atoms with Gasteiger partial charge in [-0.1, -0.05) is 58.0 Å². The number of hydrogen-bond acceptors (Lipinski definition) is 13. The maximum Gasteiger partial charge on any atom is 0.261 e. The van der Waals surface area contributed by atoms with Crippen molar-refractivity contribution in [1.29, 1.82) is 0 Å². The van der Waals surface area contributed by atoms with Gasteiger partial charge in [0, 0.05) is 73.2 Å². The van der Waals surface area contributed by atoms with E-state index in [2.05, 4.69) is 11.4 Å². The van der Waals surface area contributed by atoms with E-state index in [-0.39, 0.29) is 48.8 Å². The zero-order valence-corrected chi connectivity index (χ0v) is 41.1. The highest BCUT2D eigenvalue weighted by Crippen LogP contribution is 2.42. The molecular weight excluding hydrogens is 925 g/mol. The van der Waals surface area contributed by atoms with Gasteiger partial charge in [0.05, 0.1) is 54.3 Å². The van der Waals surface area contributed by atoms with Crippen molar-refractivity contribution < 1.29 is 38.1 Å². The lowest BCUT2D eigenvalue weighted by atomic mass is 10.1. The molecule has 362 valence electrons. The SMILES string of the molecule is COc1cc2c(cc1OCc1cc(COc3cc4c(cc3C)C(=O)N3c5ccccc5CC3C=N4)cc(OCCCCC(=O)NCCSSCCC(N)C(C)=O)c1)N=CC1Cc3ccccc3N1C2=O. The maximum absolute atomic E-state index is 14.0. The predicted octanol–water partition coefficient (Wildman–Crippen LogP) is 9.09. The smallest absolute Gasteiger partial charge is 0.261 e. The highest BCUT2D eigenvalue weighted by molar-refractivity contribution is 8.76. The zero-order chi connectivity index (χ0) is 48.7. The van der Waals surface area contributed by atoms with Crippen molar-refractivity contribution in [1.82, 2.24) is 5.32 Å². The molecule has 16 heteroatoms. The molecule has 3 atom stereocenters. The topological polar surface area (TPSA) is 174 Å². The third-order valence-electron chi connectivity index (χ3n) is 12.8. The van der Waals surface area contributed by atoms with Crippen LogP contribution in [0.25, 0.3) is 0 Å². The number of nitrogens with two attached hydrogens (primary N) is 1. The van der Waals surface area contributed by atoms with Crippen molar-refractivity contribution in [2.75, 3.05) is 41.6 Å². The molecule has 4 aliphatic rings. The number of amides is 3. The van der Waals surface area contributed by atoms with E-state index in [1.165, 1.54) is 6.92 Å². The summed E-state index contributed by atoms with van der Waals surface area (Å²) in [4.78, 5) is 65.1. The number of aliphatic imine (C=N–C) groups is 2. The number of nitrogens with zero attached hydrogens (tertiary/aromatic N) is 4. The summed E-state index contributed by atoms with van der Waals surface area (Å²) >= 11 is 0. The van der Waals surface area contributed by atoms with E-state index < -0.39 is 6.04 Å². The minimum atomic E-state index is -0.417. The largest absolute Gasteiger partial charge is 0.494 e. The highest BCUT2D eigenvalue weighted by atomic mass is 33.1. The van der Waals surface area contributed by atoms with E-state index in [1.54, 1.807) is 45.7 Å². The average molecular weight is 981 g/mol. The number of benzene rings is 5. The van der Waals surface area contributed by atoms with Crippen molar-refractivity contribution in [3.63, 3.8) is 0 Å². The second-order valence-electron chi connectivity index (χ2n) is 17.7. The number of rotatable bonds is 21. The predicted molar refractivity (Wildman–Crippen MR) is 278 cm³/mol. The number of nitrogens with one attached hydrogen (secondary N) is 1. The number of fused-ring (bicyclic) bond motifs is 8. The Balaban J connectivity index is 0.865. The summed E-state index contributed by atoms with van der Waals surface area (Å²) in [5, 5.41) is 2.98. The lowest BCUT2D eigenvalue weighted by Gasteiger charge is -2.22. The molecular formula is C54H56N6O8S2. The summed E-state index contributed by atoms with van der Waals surface area (Å²) in [6.45, 7) is 4.71. The summed E-state index contributed by atoms with van der Waals surface area (Å²) in [6.07, 6.45) is 7.42. The Morgan fingerprint density at radius 2 is 1.33 bits per heavy atom. The van der Waals surface area contributed by atoms with Gasteiger partial charge in [-0.3, -0.25) is 39.0 Å². The van der Waals surface area contributed by atoms with E-state index in [0.717, 1.165) is 50.7 Å². The van der Waals surface area contributed by atoms with Gasteiger partial charge in [0.2, 0.25) is 5.91 Å². The molecule has 3 unspecified atom stereocenters. The lowest BCUT2D eigenvalue weighted by Crippen LogP contribution is -2.37. The summed E-state index contributed by atoms with van der Waals surface area (Å²) in [5.74, 6) is 3.35. The van der Waals surface area contributed by atoms with Gasteiger partial charge in [-0.05, 0) is 103 Å². The van der Waals surface area contributed by atoms with Crippen LogP contribution in [-0.2, 0) is 35.6 Å². The number of carbonyl (C=O) groups is 4. The van der Waals surface area contributed by atoms with E-state index in [9.17, 15) is 19.2 Å². The van der Waals surface area contributed by atoms with Crippen molar-refractivity contribution in [3.05, 3.63) is 130 Å². The van der Waals surface area contributed by atoms with Gasteiger partial charge < -0.3 is 30.0 Å². The van der Waals surface area contributed by atoms with Crippen LogP contribution in [-0.4, -0.2) is 85.8 Å². The number of para-hydroxylation sites is 2. The normalized spacial score (nSPS) is 16.5. The Bertz CT molecular complexity index is 2870. The number of aryl methyl sites for hydroxylation is 1. The first-order valence-electron chi connectivity index (χ1n) is 23.6. The number of unbranched alkanes of at least 4 members (excludes halogenated alkanes) is 1. The van der Waals surface area contributed by atoms with Gasteiger partial charge in [-0.15, -0.1) is 0 Å². The first kappa shape index (κ1) is 48.4. The Kier molecular flexibility index (Phi) is 15.2. The maximum atomic E-state index is 14.0. The standard InChI is InChI=1S/C54H56N6O8S2/c1-33-20-42-45(57-29-39-24-37-10-4-6-12-47(37)59(39)53(42)63)27-49(33)67-31-35-21-36(23-41(22-35)66-17-9-8-14-52(62)56-16-19-70-69-18-15-44(55)34(2)61)32-68-51-28-46-43(26-50(51)65-3)54(64)60-40(30-58-46)25-38-11-5-7-13-48(38)60/h4-7,10-13,20-23,26-30,39-40,44H,8-9,14-19,24-25,31-32,55H2,1-3H3,(H,56,62). The molecule has 3 N–H and O–H groups in total. The van der Waals surface area contributed by atoms with Crippen LogP contribution < -0.4 is 39.8 Å². The monoisotopic (exact) mass is 980 g/mol. The van der Waals surface area contributed by atoms with Gasteiger partial charge >= 0.3 is 0 Å². The Morgan fingerprint density at radius 1 is 0.743 bits per heavy atom. The molecule has 5 aromatic rings. The summed E-state index contributed by atoms with van der Waals surface area (Å²) in [5.41, 5.74) is 14.3. The molecule has 0 spiro atoms. The summed E-state index contributed by atoms with van der Waals surface area (Å²) in [6, 6.07) is 28.1. The quantitative estimate of drug-likeness (QED) is 0.0530. The fourth-order valence-electron chi connectivity index (χ4n) is 9.08. The fourth-order valence-corrected chi connectivity index (χ4v) is 11.1. The average Bonchev–Trinajstić information content (AvgIpc) is 3.85. The molecule has 5 aromatic carbocycles. The van der Waals surface area contributed by atoms with Gasteiger partial charge in [0.25, 0.3) is 11.8 Å². The first-order valence-corrected chi connectivity index (χ1v) is 26.1. The second-order valence-corrected chi connectivity index (χ2v) is 20.4. The van der Waals surface area contributed by atoms with E-state index in [1.807, 2.05) is 97.0 Å². The van der Waals surface area contributed by atoms with Crippen LogP contribution in [0.5, 0.6) is 23.0 Å². The number of methoxy groups -OCH3 is 1. The highest BCUT2D eigenvalue weighted by Gasteiger charge is 2.38. The fraction of sp³-hybridized carbons (Fsp3) is 0.333. The molecule has 0 saturated heterocycles. The number of Topliss-reactive ketones (excluding diaryl/α,β-unsaturated/α-hetero) is 1. The Morgan fingerprint density at radius 3 is 1.96 bits per heavy atom. The number of ketones is 1. The Labute approximate surface area is 415 Å². The van der Waals surface area contributed by atoms with Gasteiger partial charge in [-0.2, -0.15) is 0 Å². The number of hydrogen-bond donors (Lipinski definition) is 2. The molecule has 70 heavy (non-hydrogen) atoms. The van der Waals surface area contributed by atoms with E-state index in [4.69, 9.17) is 34.7 Å². The van der Waals surface area contributed by atoms with Crippen LogP contribution in [0.1, 0.15) is 81.1 Å². The van der Waals surface area contributed by atoms with Crippen LogP contribution in [0, 0.1) is 6.92 Å². The molecule has 0 radical (unpaired) electrons. The Hall–Kier alpha value is -6.62. The molecule has 3 amide bonds. The number of anilines is 2. The van der Waals surface area contributed by atoms with Crippen LogP contribution in [0.2, 0.25) is 0 Å². The van der Waals surface area contributed by atoms with E-state index in [0.29, 0.717) is 97.2 Å². The molecule has 0 saturated carbocycles. The molecule has 0 bridgehead atoms. The molecule has 0 aromatic heterocycles. The third-order valence-corrected chi connectivity index (χ3v) is 15.2. The minimum Gasteiger partial charge on any atom is -0.494 e. The molecule has 14 nitrogen and oxygen atoms in total.